The minimum absolute atomic E-state index is 0.362. The van der Waals surface area contributed by atoms with Gasteiger partial charge in [0.1, 0.15) is 5.75 Å². The van der Waals surface area contributed by atoms with Crippen LogP contribution in [0.4, 0.5) is 0 Å². The van der Waals surface area contributed by atoms with Gasteiger partial charge in [-0.25, -0.2) is 0 Å². The Hall–Kier alpha value is -0.580. The van der Waals surface area contributed by atoms with E-state index in [4.69, 9.17) is 4.74 Å². The minimum Gasteiger partial charge on any atom is -0.506 e. The fourth-order valence-corrected chi connectivity index (χ4v) is 2.64. The Morgan fingerprint density at radius 3 is 2.76 bits per heavy atom. The van der Waals surface area contributed by atoms with Crippen LogP contribution in [-0.2, 0) is 11.3 Å². The molecule has 0 aromatic heterocycles. The molecule has 1 N–H and O–H groups in total. The highest BCUT2D eigenvalue weighted by atomic mass is 79.9. The van der Waals surface area contributed by atoms with Gasteiger partial charge in [0.15, 0.2) is 0 Å². The molecule has 1 saturated heterocycles. The van der Waals surface area contributed by atoms with Gasteiger partial charge < -0.3 is 9.84 Å². The number of halogens is 1. The summed E-state index contributed by atoms with van der Waals surface area (Å²) in [7, 11) is 1.78. The van der Waals surface area contributed by atoms with E-state index in [1.165, 1.54) is 0 Å². The van der Waals surface area contributed by atoms with Crippen LogP contribution in [-0.4, -0.2) is 36.3 Å². The van der Waals surface area contributed by atoms with Crippen LogP contribution in [0, 0.1) is 0 Å². The molecule has 17 heavy (non-hydrogen) atoms. The van der Waals surface area contributed by atoms with E-state index in [9.17, 15) is 5.11 Å². The molecule has 1 heterocycles. The number of phenols is 1. The smallest absolute Gasteiger partial charge is 0.134 e. The topological polar surface area (TPSA) is 32.7 Å². The van der Waals surface area contributed by atoms with E-state index >= 15 is 0 Å². The molecule has 0 saturated carbocycles. The monoisotopic (exact) mass is 299 g/mol. The first kappa shape index (κ1) is 12.9. The third kappa shape index (κ3) is 3.21. The van der Waals surface area contributed by atoms with E-state index in [1.54, 1.807) is 7.11 Å². The number of aromatic hydroxyl groups is 1. The second-order valence-electron chi connectivity index (χ2n) is 4.46. The van der Waals surface area contributed by atoms with Crippen molar-refractivity contribution >= 4 is 15.9 Å². The van der Waals surface area contributed by atoms with Gasteiger partial charge in [0, 0.05) is 32.3 Å². The summed E-state index contributed by atoms with van der Waals surface area (Å²) in [5.41, 5.74) is 0.982. The molecule has 0 aliphatic carbocycles. The Morgan fingerprint density at radius 1 is 1.41 bits per heavy atom. The molecule has 0 unspecified atom stereocenters. The molecule has 0 atom stereocenters. The molecular formula is C13H18BrNO2. The van der Waals surface area contributed by atoms with Gasteiger partial charge in [-0.05, 0) is 34.8 Å². The molecule has 1 aromatic carbocycles. The zero-order valence-electron chi connectivity index (χ0n) is 10.0. The van der Waals surface area contributed by atoms with Gasteiger partial charge in [-0.1, -0.05) is 12.1 Å². The molecule has 0 radical (unpaired) electrons. The van der Waals surface area contributed by atoms with Gasteiger partial charge in [-0.2, -0.15) is 0 Å². The molecule has 2 rings (SSSR count). The van der Waals surface area contributed by atoms with Crippen LogP contribution in [0.3, 0.4) is 0 Å². The van der Waals surface area contributed by atoms with Crippen LogP contribution in [0.25, 0.3) is 0 Å². The summed E-state index contributed by atoms with van der Waals surface area (Å²) >= 11 is 3.34. The highest BCUT2D eigenvalue weighted by molar-refractivity contribution is 9.10. The lowest BCUT2D eigenvalue weighted by molar-refractivity contribution is 0.0387. The number of benzene rings is 1. The maximum Gasteiger partial charge on any atom is 0.134 e. The number of phenolic OH excluding ortho intramolecular Hbond substituents is 1. The summed E-state index contributed by atoms with van der Waals surface area (Å²) in [5.74, 6) is 0.362. The number of methoxy groups -OCH3 is 1. The van der Waals surface area contributed by atoms with Crippen molar-refractivity contribution < 1.29 is 9.84 Å². The number of hydrogen-bond donors (Lipinski definition) is 1. The van der Waals surface area contributed by atoms with Crippen LogP contribution in [0.2, 0.25) is 0 Å². The van der Waals surface area contributed by atoms with Gasteiger partial charge in [0.05, 0.1) is 10.6 Å². The number of nitrogens with zero attached hydrogens (tertiary/aromatic N) is 1. The Balaban J connectivity index is 1.95. The average molecular weight is 300 g/mol. The molecule has 1 aliphatic rings. The van der Waals surface area contributed by atoms with Gasteiger partial charge >= 0.3 is 0 Å². The van der Waals surface area contributed by atoms with Crippen molar-refractivity contribution in [1.29, 1.82) is 0 Å². The second-order valence-corrected chi connectivity index (χ2v) is 5.31. The summed E-state index contributed by atoms with van der Waals surface area (Å²) in [4.78, 5) is 2.36. The Morgan fingerprint density at radius 2 is 2.12 bits per heavy atom. The lowest BCUT2D eigenvalue weighted by Gasteiger charge is -2.31. The molecular weight excluding hydrogens is 282 g/mol. The largest absolute Gasteiger partial charge is 0.506 e. The van der Waals surface area contributed by atoms with Crippen LogP contribution in [0.5, 0.6) is 5.75 Å². The van der Waals surface area contributed by atoms with Gasteiger partial charge in [-0.15, -0.1) is 0 Å². The lowest BCUT2D eigenvalue weighted by atomic mass is 10.1. The summed E-state index contributed by atoms with van der Waals surface area (Å²) in [6.07, 6.45) is 2.55. The minimum atomic E-state index is 0.362. The number of rotatable bonds is 3. The number of para-hydroxylation sites is 1. The number of hydrogen-bond acceptors (Lipinski definition) is 3. The first-order valence-electron chi connectivity index (χ1n) is 5.92. The maximum absolute atomic E-state index is 9.93. The van der Waals surface area contributed by atoms with Gasteiger partial charge in [-0.3, -0.25) is 4.90 Å². The van der Waals surface area contributed by atoms with Crippen molar-refractivity contribution in [3.8, 4) is 5.75 Å². The van der Waals surface area contributed by atoms with Crippen LogP contribution < -0.4 is 0 Å². The predicted molar refractivity (Wildman–Crippen MR) is 71.1 cm³/mol. The van der Waals surface area contributed by atoms with Crippen molar-refractivity contribution in [2.24, 2.45) is 0 Å². The molecule has 1 fully saturated rings. The normalized spacial score (nSPS) is 18.5. The summed E-state index contributed by atoms with van der Waals surface area (Å²) in [6, 6.07) is 5.79. The first-order chi connectivity index (χ1) is 8.20. The second kappa shape index (κ2) is 5.85. The molecule has 1 aliphatic heterocycles. The Kier molecular flexibility index (Phi) is 4.42. The van der Waals surface area contributed by atoms with Crippen molar-refractivity contribution in [3.05, 3.63) is 28.2 Å². The van der Waals surface area contributed by atoms with Crippen molar-refractivity contribution in [2.45, 2.75) is 25.5 Å². The Labute approximate surface area is 111 Å². The fourth-order valence-electron chi connectivity index (χ4n) is 2.23. The summed E-state index contributed by atoms with van der Waals surface area (Å²) in [6.45, 7) is 2.87. The molecule has 0 amide bonds. The van der Waals surface area contributed by atoms with E-state index in [1.807, 2.05) is 18.2 Å². The predicted octanol–water partition coefficient (Wildman–Crippen LogP) is 2.77. The van der Waals surface area contributed by atoms with Gasteiger partial charge in [0.2, 0.25) is 0 Å². The average Bonchev–Trinajstić information content (AvgIpc) is 2.36. The van der Waals surface area contributed by atoms with E-state index < -0.39 is 0 Å². The quantitative estimate of drug-likeness (QED) is 0.931. The van der Waals surface area contributed by atoms with Crippen molar-refractivity contribution in [1.82, 2.24) is 4.90 Å². The highest BCUT2D eigenvalue weighted by Crippen LogP contribution is 2.29. The number of piperidine rings is 1. The fraction of sp³-hybridized carbons (Fsp3) is 0.538. The van der Waals surface area contributed by atoms with Gasteiger partial charge in [0.25, 0.3) is 0 Å². The molecule has 0 bridgehead atoms. The zero-order chi connectivity index (χ0) is 12.3. The van der Waals surface area contributed by atoms with E-state index in [0.717, 1.165) is 42.5 Å². The highest BCUT2D eigenvalue weighted by Gasteiger charge is 2.19. The SMILES string of the molecule is COC1CCN(Cc2cccc(Br)c2O)CC1. The van der Waals surface area contributed by atoms with E-state index in [-0.39, 0.29) is 0 Å². The number of ether oxygens (including phenoxy) is 1. The molecule has 94 valence electrons. The van der Waals surface area contributed by atoms with E-state index in [2.05, 4.69) is 20.8 Å². The summed E-state index contributed by atoms with van der Waals surface area (Å²) in [5, 5.41) is 9.93. The third-order valence-corrected chi connectivity index (χ3v) is 3.97. The van der Waals surface area contributed by atoms with Crippen LogP contribution >= 0.6 is 15.9 Å². The molecule has 1 aromatic rings. The molecule has 0 spiro atoms. The Bertz CT molecular complexity index is 376. The first-order valence-corrected chi connectivity index (χ1v) is 6.71. The molecule has 4 heteroatoms. The zero-order valence-corrected chi connectivity index (χ0v) is 11.6. The maximum atomic E-state index is 9.93. The third-order valence-electron chi connectivity index (χ3n) is 3.33. The number of likely N-dealkylation sites (tertiary alicyclic amines) is 1. The van der Waals surface area contributed by atoms with Crippen LogP contribution in [0.15, 0.2) is 22.7 Å². The lowest BCUT2D eigenvalue weighted by Crippen LogP contribution is -2.36. The van der Waals surface area contributed by atoms with Crippen molar-refractivity contribution in [2.75, 3.05) is 20.2 Å². The molecule has 3 nitrogen and oxygen atoms in total. The van der Waals surface area contributed by atoms with Crippen molar-refractivity contribution in [3.63, 3.8) is 0 Å². The summed E-state index contributed by atoms with van der Waals surface area (Å²) < 4.78 is 6.11. The standard InChI is InChI=1S/C13H18BrNO2/c1-17-11-5-7-15(8-6-11)9-10-3-2-4-12(14)13(10)16/h2-4,11,16H,5-9H2,1H3. The van der Waals surface area contributed by atoms with Crippen LogP contribution in [0.1, 0.15) is 18.4 Å². The van der Waals surface area contributed by atoms with E-state index in [0.29, 0.717) is 11.9 Å².